The van der Waals surface area contributed by atoms with Gasteiger partial charge in [-0.2, -0.15) is 23.4 Å². The van der Waals surface area contributed by atoms with Crippen molar-refractivity contribution in [3.8, 4) is 28.2 Å². The molecule has 0 aliphatic rings. The fourth-order valence-corrected chi connectivity index (χ4v) is 4.14. The van der Waals surface area contributed by atoms with Gasteiger partial charge in [-0.05, 0) is 24.6 Å². The summed E-state index contributed by atoms with van der Waals surface area (Å²) in [7, 11) is 1.75. The van der Waals surface area contributed by atoms with Crippen LogP contribution in [0.4, 0.5) is 17.6 Å². The van der Waals surface area contributed by atoms with Crippen LogP contribution < -0.4 is 0 Å². The lowest BCUT2D eigenvalue weighted by molar-refractivity contribution is -0.141. The van der Waals surface area contributed by atoms with E-state index in [1.54, 1.807) is 40.9 Å². The lowest BCUT2D eigenvalue weighted by Crippen LogP contribution is -2.14. The summed E-state index contributed by atoms with van der Waals surface area (Å²) >= 11 is 5.99. The highest BCUT2D eigenvalue weighted by Crippen LogP contribution is 2.35. The minimum Gasteiger partial charge on any atom is -0.396 e. The number of aliphatic hydroxyl groups excluding tert-OH is 1. The van der Waals surface area contributed by atoms with E-state index in [9.17, 15) is 18.3 Å². The molecule has 0 aliphatic heterocycles. The topological polar surface area (TPSA) is 112 Å². The van der Waals surface area contributed by atoms with Crippen LogP contribution in [0.3, 0.4) is 0 Å². The number of benzene rings is 1. The van der Waals surface area contributed by atoms with Gasteiger partial charge in [0.25, 0.3) is 0 Å². The van der Waals surface area contributed by atoms with Crippen molar-refractivity contribution in [1.29, 1.82) is 0 Å². The van der Waals surface area contributed by atoms with Crippen molar-refractivity contribution in [2.24, 2.45) is 7.05 Å². The first-order valence-electron chi connectivity index (χ1n) is 11.1. The monoisotopic (exact) mass is 547 g/mol. The van der Waals surface area contributed by atoms with Crippen molar-refractivity contribution < 1.29 is 22.7 Å². The standard InChI is InChI=1S/C23H18ClF4N9O/c1-35-22(30-12-32-35)14-9-31-36(10-14)17(6-7-38)16-4-2-13(8-29-16)20-18(5-3-15(24)21(20)25)37-11-19(33-34-37)23(26,27)28/h2-5,8-12,17,38H,6-7H2,1H3. The van der Waals surface area contributed by atoms with Crippen molar-refractivity contribution in [2.75, 3.05) is 6.61 Å². The van der Waals surface area contributed by atoms with Gasteiger partial charge >= 0.3 is 6.18 Å². The second kappa shape index (κ2) is 9.95. The van der Waals surface area contributed by atoms with Gasteiger partial charge in [0.05, 0.1) is 40.4 Å². The summed E-state index contributed by atoms with van der Waals surface area (Å²) in [5.74, 6) is -0.247. The maximum absolute atomic E-state index is 15.2. The molecule has 1 unspecified atom stereocenters. The zero-order valence-corrected chi connectivity index (χ0v) is 20.3. The molecule has 10 nitrogen and oxygen atoms in total. The molecule has 4 aromatic heterocycles. The summed E-state index contributed by atoms with van der Waals surface area (Å²) in [5, 5.41) is 24.5. The van der Waals surface area contributed by atoms with Gasteiger partial charge in [-0.15, -0.1) is 5.10 Å². The number of hydrogen-bond donors (Lipinski definition) is 1. The van der Waals surface area contributed by atoms with Crippen molar-refractivity contribution in [1.82, 2.24) is 44.5 Å². The molecule has 1 N–H and O–H groups in total. The van der Waals surface area contributed by atoms with Gasteiger partial charge in [0.1, 0.15) is 6.33 Å². The second-order valence-electron chi connectivity index (χ2n) is 8.22. The molecule has 0 fully saturated rings. The highest BCUT2D eigenvalue weighted by atomic mass is 35.5. The molecule has 0 spiro atoms. The first-order valence-corrected chi connectivity index (χ1v) is 11.5. The Balaban J connectivity index is 1.51. The highest BCUT2D eigenvalue weighted by molar-refractivity contribution is 6.31. The van der Waals surface area contributed by atoms with E-state index in [4.69, 9.17) is 11.6 Å². The average Bonchev–Trinajstić information content (AvgIpc) is 3.65. The normalized spacial score (nSPS) is 12.7. The smallest absolute Gasteiger partial charge is 0.396 e. The van der Waals surface area contributed by atoms with Crippen LogP contribution in [-0.4, -0.2) is 56.2 Å². The van der Waals surface area contributed by atoms with Crippen molar-refractivity contribution >= 4 is 11.6 Å². The number of alkyl halides is 3. The van der Waals surface area contributed by atoms with Crippen LogP contribution in [0.25, 0.3) is 28.2 Å². The third-order valence-electron chi connectivity index (χ3n) is 5.81. The molecular formula is C23H18ClF4N9O. The van der Waals surface area contributed by atoms with Gasteiger partial charge in [-0.1, -0.05) is 22.9 Å². The number of aliphatic hydroxyl groups is 1. The number of aromatic nitrogens is 9. The number of pyridine rings is 1. The summed E-state index contributed by atoms with van der Waals surface area (Å²) in [6.07, 6.45) is 2.38. The number of aryl methyl sites for hydroxylation is 1. The number of hydrogen-bond acceptors (Lipinski definition) is 7. The molecule has 0 radical (unpaired) electrons. The number of halogens is 5. The Morgan fingerprint density at radius 2 is 1.84 bits per heavy atom. The molecule has 0 aliphatic carbocycles. The largest absolute Gasteiger partial charge is 0.436 e. The van der Waals surface area contributed by atoms with Crippen LogP contribution in [0, 0.1) is 5.82 Å². The van der Waals surface area contributed by atoms with Gasteiger partial charge in [0.2, 0.25) is 0 Å². The molecule has 1 aromatic carbocycles. The Morgan fingerprint density at radius 1 is 1.03 bits per heavy atom. The maximum Gasteiger partial charge on any atom is 0.436 e. The van der Waals surface area contributed by atoms with Crippen molar-refractivity contribution in [3.63, 3.8) is 0 Å². The van der Waals surface area contributed by atoms with E-state index in [1.807, 2.05) is 0 Å². The summed E-state index contributed by atoms with van der Waals surface area (Å²) in [5.41, 5.74) is 0.143. The molecule has 196 valence electrons. The third-order valence-corrected chi connectivity index (χ3v) is 6.10. The Kier molecular flexibility index (Phi) is 6.67. The predicted molar refractivity (Wildman–Crippen MR) is 127 cm³/mol. The van der Waals surface area contributed by atoms with Crippen LogP contribution in [0.2, 0.25) is 5.02 Å². The van der Waals surface area contributed by atoms with Crippen LogP contribution in [0.15, 0.2) is 55.4 Å². The maximum atomic E-state index is 15.2. The van der Waals surface area contributed by atoms with E-state index in [1.165, 1.54) is 24.7 Å². The Bertz CT molecular complexity index is 1580. The van der Waals surface area contributed by atoms with Gasteiger partial charge in [-0.25, -0.2) is 18.7 Å². The molecule has 0 bridgehead atoms. The van der Waals surface area contributed by atoms with E-state index in [2.05, 4.69) is 30.5 Å². The third kappa shape index (κ3) is 4.75. The summed E-state index contributed by atoms with van der Waals surface area (Å²) < 4.78 is 58.4. The van der Waals surface area contributed by atoms with E-state index < -0.39 is 23.7 Å². The minimum absolute atomic E-state index is 0.00301. The molecule has 15 heteroatoms. The number of rotatable bonds is 7. The molecule has 5 rings (SSSR count). The molecule has 0 saturated carbocycles. The minimum atomic E-state index is -4.71. The fraction of sp³-hybridized carbons (Fsp3) is 0.217. The van der Waals surface area contributed by atoms with E-state index in [-0.39, 0.29) is 34.9 Å². The van der Waals surface area contributed by atoms with E-state index in [0.717, 1.165) is 4.68 Å². The zero-order chi connectivity index (χ0) is 27.0. The van der Waals surface area contributed by atoms with Crippen molar-refractivity contribution in [2.45, 2.75) is 18.6 Å². The quantitative estimate of drug-likeness (QED) is 0.305. The molecule has 5 aromatic rings. The zero-order valence-electron chi connectivity index (χ0n) is 19.5. The number of nitrogens with zero attached hydrogens (tertiary/aromatic N) is 9. The summed E-state index contributed by atoms with van der Waals surface area (Å²) in [6, 6.07) is 5.27. The Labute approximate surface area is 217 Å². The molecule has 1 atom stereocenters. The van der Waals surface area contributed by atoms with Crippen LogP contribution in [-0.2, 0) is 13.2 Å². The Hall–Kier alpha value is -4.17. The van der Waals surface area contributed by atoms with Crippen molar-refractivity contribution in [3.05, 3.63) is 77.6 Å². The highest BCUT2D eigenvalue weighted by Gasteiger charge is 2.35. The average molecular weight is 548 g/mol. The first kappa shape index (κ1) is 25.5. The predicted octanol–water partition coefficient (Wildman–Crippen LogP) is 4.10. The van der Waals surface area contributed by atoms with Crippen LogP contribution in [0.1, 0.15) is 23.9 Å². The lowest BCUT2D eigenvalue weighted by Gasteiger charge is -2.17. The second-order valence-corrected chi connectivity index (χ2v) is 8.62. The fourth-order valence-electron chi connectivity index (χ4n) is 3.99. The summed E-state index contributed by atoms with van der Waals surface area (Å²) in [6.45, 7) is -0.159. The van der Waals surface area contributed by atoms with Crippen LogP contribution in [0.5, 0.6) is 0 Å². The lowest BCUT2D eigenvalue weighted by atomic mass is 10.0. The van der Waals surface area contributed by atoms with Gasteiger partial charge < -0.3 is 5.11 Å². The molecule has 0 amide bonds. The summed E-state index contributed by atoms with van der Waals surface area (Å²) in [4.78, 5) is 8.65. The molecule has 38 heavy (non-hydrogen) atoms. The van der Waals surface area contributed by atoms with E-state index >= 15 is 4.39 Å². The molecular weight excluding hydrogens is 530 g/mol. The van der Waals surface area contributed by atoms with E-state index in [0.29, 0.717) is 23.3 Å². The SMILES string of the molecule is Cn1ncnc1-c1cnn(C(CCO)c2ccc(-c3c(-n4cc(C(F)(F)F)nn4)ccc(Cl)c3F)cn2)c1. The Morgan fingerprint density at radius 3 is 2.47 bits per heavy atom. The van der Waals surface area contributed by atoms with Gasteiger partial charge in [-0.3, -0.25) is 9.67 Å². The molecule has 0 saturated heterocycles. The van der Waals surface area contributed by atoms with Gasteiger partial charge in [0, 0.05) is 37.2 Å². The van der Waals surface area contributed by atoms with Crippen LogP contribution >= 0.6 is 11.6 Å². The first-order chi connectivity index (χ1) is 18.2. The molecule has 4 heterocycles. The van der Waals surface area contributed by atoms with Gasteiger partial charge in [0.15, 0.2) is 17.3 Å².